The number of aromatic hydroxyl groups is 1. The van der Waals surface area contributed by atoms with Gasteiger partial charge in [-0.2, -0.15) is 0 Å². The Labute approximate surface area is 214 Å². The van der Waals surface area contributed by atoms with Crippen molar-refractivity contribution >= 4 is 11.9 Å². The second-order valence-corrected chi connectivity index (χ2v) is 8.92. The van der Waals surface area contributed by atoms with Gasteiger partial charge in [-0.25, -0.2) is 4.79 Å². The maximum absolute atomic E-state index is 12.7. The Morgan fingerprint density at radius 2 is 1.73 bits per heavy atom. The summed E-state index contributed by atoms with van der Waals surface area (Å²) in [4.78, 5) is 25.1. The second-order valence-electron chi connectivity index (χ2n) is 8.92. The minimum absolute atomic E-state index is 0.0890. The van der Waals surface area contributed by atoms with Crippen LogP contribution >= 0.6 is 0 Å². The predicted molar refractivity (Wildman–Crippen MR) is 124 cm³/mol. The summed E-state index contributed by atoms with van der Waals surface area (Å²) in [5.41, 5.74) is 0.977. The van der Waals surface area contributed by atoms with E-state index >= 15 is 0 Å². The maximum atomic E-state index is 12.7. The normalized spacial score (nSPS) is 31.7. The molecule has 12 heteroatoms. The molecule has 0 unspecified atom stereocenters. The molecule has 0 amide bonds. The van der Waals surface area contributed by atoms with Crippen LogP contribution < -0.4 is 0 Å². The Morgan fingerprint density at radius 3 is 2.35 bits per heavy atom. The van der Waals surface area contributed by atoms with Crippen LogP contribution in [0.4, 0.5) is 0 Å². The van der Waals surface area contributed by atoms with Crippen LogP contribution in [0, 0.1) is 11.8 Å². The molecule has 2 heterocycles. The fourth-order valence-corrected chi connectivity index (χ4v) is 4.43. The Morgan fingerprint density at radius 1 is 1.03 bits per heavy atom. The van der Waals surface area contributed by atoms with Gasteiger partial charge in [0, 0.05) is 18.3 Å². The summed E-state index contributed by atoms with van der Waals surface area (Å²) in [5, 5.41) is 49.2. The van der Waals surface area contributed by atoms with Gasteiger partial charge < -0.3 is 49.2 Å². The predicted octanol–water partition coefficient (Wildman–Crippen LogP) is -0.260. The van der Waals surface area contributed by atoms with Crippen LogP contribution in [0.1, 0.15) is 25.3 Å². The van der Waals surface area contributed by atoms with Crippen molar-refractivity contribution in [3.63, 3.8) is 0 Å². The molecule has 0 aromatic heterocycles. The largest absolute Gasteiger partial charge is 0.508 e. The lowest BCUT2D eigenvalue weighted by molar-refractivity contribution is -0.341. The molecule has 0 spiro atoms. The minimum Gasteiger partial charge on any atom is -0.508 e. The molecule has 2 aliphatic rings. The molecule has 5 N–H and O–H groups in total. The summed E-state index contributed by atoms with van der Waals surface area (Å²) in [6.45, 7) is 1.26. The number of esters is 2. The van der Waals surface area contributed by atoms with Crippen LogP contribution in [0.3, 0.4) is 0 Å². The number of rotatable bonds is 10. The zero-order valence-electron chi connectivity index (χ0n) is 20.6. The molecule has 12 nitrogen and oxygen atoms in total. The summed E-state index contributed by atoms with van der Waals surface area (Å²) < 4.78 is 27.0. The molecule has 0 aliphatic carbocycles. The highest BCUT2D eigenvalue weighted by atomic mass is 16.8. The molecule has 1 saturated heterocycles. The molecule has 1 aromatic rings. The molecule has 206 valence electrons. The van der Waals surface area contributed by atoms with E-state index in [1.807, 2.05) is 0 Å². The van der Waals surface area contributed by atoms with Crippen molar-refractivity contribution in [2.75, 3.05) is 20.3 Å². The number of carbonyl (C=O) groups excluding carboxylic acids is 2. The van der Waals surface area contributed by atoms with Crippen molar-refractivity contribution < 1.29 is 58.8 Å². The third-order valence-electron chi connectivity index (χ3n) is 6.58. The Balaban J connectivity index is 1.69. The molecule has 1 fully saturated rings. The van der Waals surface area contributed by atoms with Crippen molar-refractivity contribution in [2.45, 2.75) is 63.2 Å². The SMILES string of the molecule is CC[C@H]1[C@H](O[C@@H]2O[C@H](CO)[C@@H](O)[C@H](O)[C@H]2O)OC=C(C(=O)OC)[C@H]1CC(=O)OCCc1ccc(O)cc1. The van der Waals surface area contributed by atoms with Crippen molar-refractivity contribution in [1.29, 1.82) is 0 Å². The second kappa shape index (κ2) is 13.2. The number of benzene rings is 1. The highest BCUT2D eigenvalue weighted by Gasteiger charge is 2.48. The third kappa shape index (κ3) is 6.98. The number of phenols is 1. The average Bonchev–Trinajstić information content (AvgIpc) is 2.89. The number of hydrogen-bond acceptors (Lipinski definition) is 12. The van der Waals surface area contributed by atoms with Crippen molar-refractivity contribution in [1.82, 2.24) is 0 Å². The van der Waals surface area contributed by atoms with Gasteiger partial charge in [0.15, 0.2) is 6.29 Å². The van der Waals surface area contributed by atoms with Crippen molar-refractivity contribution in [3.05, 3.63) is 41.7 Å². The summed E-state index contributed by atoms with van der Waals surface area (Å²) in [7, 11) is 1.20. The van der Waals surface area contributed by atoms with Gasteiger partial charge in [-0.15, -0.1) is 0 Å². The number of carbonyl (C=O) groups is 2. The summed E-state index contributed by atoms with van der Waals surface area (Å²) >= 11 is 0. The average molecular weight is 527 g/mol. The van der Waals surface area contributed by atoms with Gasteiger partial charge in [-0.3, -0.25) is 4.79 Å². The first-order chi connectivity index (χ1) is 17.7. The van der Waals surface area contributed by atoms with E-state index in [-0.39, 0.29) is 24.4 Å². The van der Waals surface area contributed by atoms with E-state index in [0.29, 0.717) is 12.8 Å². The first kappa shape index (κ1) is 28.8. The Bertz CT molecular complexity index is 930. The molecule has 0 bridgehead atoms. The molecule has 1 aromatic carbocycles. The number of aliphatic hydroxyl groups excluding tert-OH is 4. The monoisotopic (exact) mass is 526 g/mol. The smallest absolute Gasteiger partial charge is 0.337 e. The fourth-order valence-electron chi connectivity index (χ4n) is 4.43. The number of phenolic OH excluding ortho intramolecular Hbond substituents is 1. The highest BCUT2D eigenvalue weighted by Crippen LogP contribution is 2.38. The Hall–Kier alpha value is -2.74. The van der Waals surface area contributed by atoms with E-state index in [0.717, 1.165) is 11.8 Å². The lowest BCUT2D eigenvalue weighted by Gasteiger charge is -2.43. The zero-order valence-corrected chi connectivity index (χ0v) is 20.6. The summed E-state index contributed by atoms with van der Waals surface area (Å²) in [6.07, 6.45) is -6.82. The Kier molecular flexibility index (Phi) is 10.3. The molecule has 8 atom stereocenters. The molecule has 2 aliphatic heterocycles. The quantitative estimate of drug-likeness (QED) is 0.252. The molecular formula is C25H34O12. The van der Waals surface area contributed by atoms with Crippen molar-refractivity contribution in [2.24, 2.45) is 11.8 Å². The number of ether oxygens (including phenoxy) is 5. The third-order valence-corrected chi connectivity index (χ3v) is 6.58. The van der Waals surface area contributed by atoms with E-state index in [1.54, 1.807) is 19.1 Å². The van der Waals surface area contributed by atoms with Gasteiger partial charge in [-0.1, -0.05) is 19.1 Å². The van der Waals surface area contributed by atoms with Crippen LogP contribution in [0.25, 0.3) is 0 Å². The van der Waals surface area contributed by atoms with Crippen LogP contribution in [0.15, 0.2) is 36.1 Å². The lowest BCUT2D eigenvalue weighted by atomic mass is 9.80. The van der Waals surface area contributed by atoms with E-state index in [2.05, 4.69) is 0 Å². The first-order valence-electron chi connectivity index (χ1n) is 12.0. The van der Waals surface area contributed by atoms with Gasteiger partial charge >= 0.3 is 11.9 Å². The van der Waals surface area contributed by atoms with E-state index < -0.39 is 67.4 Å². The van der Waals surface area contributed by atoms with Crippen LogP contribution in [0.5, 0.6) is 5.75 Å². The summed E-state index contributed by atoms with van der Waals surface area (Å²) in [5.74, 6) is -2.43. The standard InChI is InChI=1S/C25H34O12/c1-3-15-16(10-19(28)34-9-8-13-4-6-14(27)7-5-13)17(23(32)33-2)12-35-24(15)37-25-22(31)21(30)20(29)18(11-26)36-25/h4-7,12,15-16,18,20-22,24-27,29-31H,3,8-11H2,1-2H3/t15-,16+,18-,20-,21+,22-,24+,25+/m1/s1. The van der Waals surface area contributed by atoms with E-state index in [9.17, 15) is 35.1 Å². The maximum Gasteiger partial charge on any atom is 0.337 e. The number of aliphatic hydroxyl groups is 4. The molecule has 0 saturated carbocycles. The number of hydrogen-bond donors (Lipinski definition) is 5. The zero-order chi connectivity index (χ0) is 27.1. The molecule has 3 rings (SSSR count). The topological polar surface area (TPSA) is 181 Å². The van der Waals surface area contributed by atoms with Crippen molar-refractivity contribution in [3.8, 4) is 5.75 Å². The van der Waals surface area contributed by atoms with Crippen LogP contribution in [-0.4, -0.2) is 94.8 Å². The van der Waals surface area contributed by atoms with Gasteiger partial charge in [0.1, 0.15) is 30.2 Å². The van der Waals surface area contributed by atoms with Crippen LogP contribution in [-0.2, 0) is 39.7 Å². The summed E-state index contributed by atoms with van der Waals surface area (Å²) in [6, 6.07) is 6.50. The first-order valence-corrected chi connectivity index (χ1v) is 12.0. The highest BCUT2D eigenvalue weighted by molar-refractivity contribution is 5.89. The van der Waals surface area contributed by atoms with Gasteiger partial charge in [-0.05, 0) is 24.1 Å². The number of methoxy groups -OCH3 is 1. The lowest BCUT2D eigenvalue weighted by Crippen LogP contribution is -2.60. The van der Waals surface area contributed by atoms with Gasteiger partial charge in [0.05, 0.1) is 38.6 Å². The van der Waals surface area contributed by atoms with E-state index in [4.69, 9.17) is 23.7 Å². The fraction of sp³-hybridized carbons (Fsp3) is 0.600. The van der Waals surface area contributed by atoms with Gasteiger partial charge in [0.25, 0.3) is 0 Å². The minimum atomic E-state index is -1.65. The molecular weight excluding hydrogens is 492 g/mol. The van der Waals surface area contributed by atoms with Crippen LogP contribution in [0.2, 0.25) is 0 Å². The van der Waals surface area contributed by atoms with Gasteiger partial charge in [0.2, 0.25) is 6.29 Å². The molecule has 0 radical (unpaired) electrons. The van der Waals surface area contributed by atoms with E-state index in [1.165, 1.54) is 19.2 Å². The molecule has 37 heavy (non-hydrogen) atoms.